The van der Waals surface area contributed by atoms with Crippen LogP contribution in [0.1, 0.15) is 30.5 Å². The van der Waals surface area contributed by atoms with Crippen molar-refractivity contribution in [2.24, 2.45) is 5.92 Å². The van der Waals surface area contributed by atoms with Crippen LogP contribution < -0.4 is 9.47 Å². The van der Waals surface area contributed by atoms with Crippen LogP contribution in [0.2, 0.25) is 0 Å². The molecule has 0 N–H and O–H groups in total. The molecule has 0 unspecified atom stereocenters. The van der Waals surface area contributed by atoms with Crippen LogP contribution in [0.25, 0.3) is 0 Å². The molecule has 25 heavy (non-hydrogen) atoms. The quantitative estimate of drug-likeness (QED) is 0.764. The molecule has 0 aliphatic carbocycles. The molecule has 1 fully saturated rings. The molecule has 1 aromatic carbocycles. The molecular formula is C21H28N2O2. The number of hydrogen-bond acceptors (Lipinski definition) is 4. The van der Waals surface area contributed by atoms with E-state index < -0.39 is 0 Å². The number of aromatic nitrogens is 1. The average Bonchev–Trinajstić information content (AvgIpc) is 2.67. The SMILES string of the molecule is COc1ccnc(CN2CCC[C@@H](CCc3ccccc3)C2)c1OC. The standard InChI is InChI=1S/C21H28N2O2/c1-24-20-12-13-22-19(21(20)25-2)16-23-14-6-9-18(15-23)11-10-17-7-4-3-5-8-17/h3-5,7-8,12-13,18H,6,9-11,14-16H2,1-2H3/t18-/m0/s1. The van der Waals surface area contributed by atoms with Gasteiger partial charge < -0.3 is 9.47 Å². The zero-order chi connectivity index (χ0) is 17.5. The first-order chi connectivity index (χ1) is 12.3. The normalized spacial score (nSPS) is 18.1. The number of ether oxygens (including phenoxy) is 2. The molecule has 1 saturated heterocycles. The van der Waals surface area contributed by atoms with Gasteiger partial charge >= 0.3 is 0 Å². The van der Waals surface area contributed by atoms with Crippen LogP contribution in [0.4, 0.5) is 0 Å². The summed E-state index contributed by atoms with van der Waals surface area (Å²) in [5.41, 5.74) is 2.40. The third-order valence-electron chi connectivity index (χ3n) is 5.03. The number of hydrogen-bond donors (Lipinski definition) is 0. The van der Waals surface area contributed by atoms with Crippen LogP contribution >= 0.6 is 0 Å². The summed E-state index contributed by atoms with van der Waals surface area (Å²) in [7, 11) is 3.35. The second-order valence-electron chi connectivity index (χ2n) is 6.76. The van der Waals surface area contributed by atoms with Gasteiger partial charge in [-0.3, -0.25) is 9.88 Å². The Morgan fingerprint density at radius 2 is 1.96 bits per heavy atom. The van der Waals surface area contributed by atoms with Gasteiger partial charge in [0.1, 0.15) is 5.69 Å². The Bertz CT molecular complexity index is 660. The predicted octanol–water partition coefficient (Wildman–Crippen LogP) is 3.94. The largest absolute Gasteiger partial charge is 0.493 e. The number of methoxy groups -OCH3 is 2. The van der Waals surface area contributed by atoms with Crippen molar-refractivity contribution in [1.82, 2.24) is 9.88 Å². The number of pyridine rings is 1. The lowest BCUT2D eigenvalue weighted by Crippen LogP contribution is -2.35. The second kappa shape index (κ2) is 8.86. The van der Waals surface area contributed by atoms with Gasteiger partial charge in [0, 0.05) is 25.4 Å². The maximum absolute atomic E-state index is 5.53. The molecule has 2 heterocycles. The first kappa shape index (κ1) is 17.7. The molecule has 1 atom stereocenters. The molecule has 0 radical (unpaired) electrons. The molecule has 1 aliphatic heterocycles. The van der Waals surface area contributed by atoms with Crippen molar-refractivity contribution in [1.29, 1.82) is 0 Å². The fourth-order valence-corrected chi connectivity index (χ4v) is 3.72. The van der Waals surface area contributed by atoms with Crippen molar-refractivity contribution in [2.75, 3.05) is 27.3 Å². The highest BCUT2D eigenvalue weighted by molar-refractivity contribution is 5.42. The van der Waals surface area contributed by atoms with E-state index in [9.17, 15) is 0 Å². The van der Waals surface area contributed by atoms with Gasteiger partial charge in [0.25, 0.3) is 0 Å². The van der Waals surface area contributed by atoms with Gasteiger partial charge in [0.2, 0.25) is 0 Å². The molecule has 134 valence electrons. The van der Waals surface area contributed by atoms with E-state index in [1.807, 2.05) is 6.07 Å². The van der Waals surface area contributed by atoms with Crippen molar-refractivity contribution < 1.29 is 9.47 Å². The van der Waals surface area contributed by atoms with Crippen LogP contribution in [-0.2, 0) is 13.0 Å². The van der Waals surface area contributed by atoms with Gasteiger partial charge in [0.15, 0.2) is 11.5 Å². The van der Waals surface area contributed by atoms with Crippen molar-refractivity contribution in [3.63, 3.8) is 0 Å². The van der Waals surface area contributed by atoms with Gasteiger partial charge in [-0.1, -0.05) is 30.3 Å². The number of benzene rings is 1. The number of nitrogens with zero attached hydrogens (tertiary/aromatic N) is 2. The third-order valence-corrected chi connectivity index (χ3v) is 5.03. The molecule has 0 bridgehead atoms. The smallest absolute Gasteiger partial charge is 0.183 e. The molecule has 3 rings (SSSR count). The summed E-state index contributed by atoms with van der Waals surface area (Å²) < 4.78 is 10.9. The van der Waals surface area contributed by atoms with Crippen LogP contribution in [0, 0.1) is 5.92 Å². The highest BCUT2D eigenvalue weighted by Crippen LogP contribution is 2.31. The fourth-order valence-electron chi connectivity index (χ4n) is 3.72. The summed E-state index contributed by atoms with van der Waals surface area (Å²) in [5, 5.41) is 0. The summed E-state index contributed by atoms with van der Waals surface area (Å²) in [4.78, 5) is 7.03. The molecular weight excluding hydrogens is 312 g/mol. The minimum Gasteiger partial charge on any atom is -0.493 e. The minimum absolute atomic E-state index is 0.755. The Morgan fingerprint density at radius 1 is 1.12 bits per heavy atom. The first-order valence-corrected chi connectivity index (χ1v) is 9.12. The number of aryl methyl sites for hydroxylation is 1. The molecule has 2 aromatic rings. The average molecular weight is 340 g/mol. The number of likely N-dealkylation sites (tertiary alicyclic amines) is 1. The first-order valence-electron chi connectivity index (χ1n) is 9.12. The van der Waals surface area contributed by atoms with E-state index in [0.717, 1.165) is 42.7 Å². The number of rotatable bonds is 7. The topological polar surface area (TPSA) is 34.6 Å². The van der Waals surface area contributed by atoms with Crippen LogP contribution in [0.5, 0.6) is 11.5 Å². The van der Waals surface area contributed by atoms with Gasteiger partial charge in [-0.25, -0.2) is 0 Å². The van der Waals surface area contributed by atoms with Crippen LogP contribution in [0.3, 0.4) is 0 Å². The molecule has 0 saturated carbocycles. The van der Waals surface area contributed by atoms with Gasteiger partial charge in [0.05, 0.1) is 14.2 Å². The summed E-state index contributed by atoms with van der Waals surface area (Å²) in [6, 6.07) is 12.6. The summed E-state index contributed by atoms with van der Waals surface area (Å²) in [5.74, 6) is 2.27. The Balaban J connectivity index is 1.58. The van der Waals surface area contributed by atoms with E-state index in [1.165, 1.54) is 31.2 Å². The van der Waals surface area contributed by atoms with Crippen molar-refractivity contribution >= 4 is 0 Å². The highest BCUT2D eigenvalue weighted by Gasteiger charge is 2.22. The molecule has 1 aromatic heterocycles. The van der Waals surface area contributed by atoms with Gasteiger partial charge in [-0.2, -0.15) is 0 Å². The molecule has 1 aliphatic rings. The molecule has 0 amide bonds. The van der Waals surface area contributed by atoms with E-state index in [4.69, 9.17) is 9.47 Å². The maximum atomic E-state index is 5.53. The molecule has 0 spiro atoms. The molecule has 4 heteroatoms. The summed E-state index contributed by atoms with van der Waals surface area (Å²) in [6.07, 6.45) is 6.80. The summed E-state index contributed by atoms with van der Waals surface area (Å²) >= 11 is 0. The Hall–Kier alpha value is -2.07. The van der Waals surface area contributed by atoms with Gasteiger partial charge in [-0.15, -0.1) is 0 Å². The van der Waals surface area contributed by atoms with Gasteiger partial charge in [-0.05, 0) is 43.7 Å². The summed E-state index contributed by atoms with van der Waals surface area (Å²) in [6.45, 7) is 3.08. The minimum atomic E-state index is 0.755. The predicted molar refractivity (Wildman–Crippen MR) is 100 cm³/mol. The van der Waals surface area contributed by atoms with E-state index in [1.54, 1.807) is 20.4 Å². The zero-order valence-corrected chi connectivity index (χ0v) is 15.3. The van der Waals surface area contributed by atoms with E-state index >= 15 is 0 Å². The highest BCUT2D eigenvalue weighted by atomic mass is 16.5. The van der Waals surface area contributed by atoms with Crippen LogP contribution in [0.15, 0.2) is 42.6 Å². The Labute approximate surface area is 150 Å². The lowest BCUT2D eigenvalue weighted by atomic mass is 9.91. The lowest BCUT2D eigenvalue weighted by Gasteiger charge is -2.33. The molecule has 4 nitrogen and oxygen atoms in total. The maximum Gasteiger partial charge on any atom is 0.183 e. The van der Waals surface area contributed by atoms with E-state index in [-0.39, 0.29) is 0 Å². The van der Waals surface area contributed by atoms with Crippen molar-refractivity contribution in [3.8, 4) is 11.5 Å². The second-order valence-corrected chi connectivity index (χ2v) is 6.76. The van der Waals surface area contributed by atoms with E-state index in [0.29, 0.717) is 0 Å². The third kappa shape index (κ3) is 4.73. The zero-order valence-electron chi connectivity index (χ0n) is 15.3. The monoisotopic (exact) mass is 340 g/mol. The van der Waals surface area contributed by atoms with E-state index in [2.05, 4.69) is 40.2 Å². The van der Waals surface area contributed by atoms with Crippen LogP contribution in [-0.4, -0.2) is 37.2 Å². The van der Waals surface area contributed by atoms with Crippen molar-refractivity contribution in [2.45, 2.75) is 32.2 Å². The Morgan fingerprint density at radius 3 is 2.72 bits per heavy atom. The van der Waals surface area contributed by atoms with Crippen molar-refractivity contribution in [3.05, 3.63) is 53.9 Å². The fraction of sp³-hybridized carbons (Fsp3) is 0.476. The Kier molecular flexibility index (Phi) is 6.29. The number of piperidine rings is 1. The lowest BCUT2D eigenvalue weighted by molar-refractivity contribution is 0.158.